The van der Waals surface area contributed by atoms with E-state index < -0.39 is 23.9 Å². The number of carbonyl (C=O) groups excluding carboxylic acids is 1. The van der Waals surface area contributed by atoms with E-state index in [4.69, 9.17) is 10.5 Å². The highest BCUT2D eigenvalue weighted by Gasteiger charge is 2.46. The predicted octanol–water partition coefficient (Wildman–Crippen LogP) is 3.66. The Bertz CT molecular complexity index is 1100. The van der Waals surface area contributed by atoms with E-state index in [1.807, 2.05) is 13.8 Å². The van der Waals surface area contributed by atoms with Gasteiger partial charge in [0, 0.05) is 28.5 Å². The van der Waals surface area contributed by atoms with Crippen molar-refractivity contribution < 1.29 is 18.3 Å². The summed E-state index contributed by atoms with van der Waals surface area (Å²) in [6.07, 6.45) is 6.30. The fourth-order valence-corrected chi connectivity index (χ4v) is 4.97. The Morgan fingerprint density at radius 1 is 1.39 bits per heavy atom. The quantitative estimate of drug-likeness (QED) is 0.599. The molecule has 3 heterocycles. The van der Waals surface area contributed by atoms with Gasteiger partial charge in [-0.3, -0.25) is 4.79 Å². The molecule has 1 aliphatic carbocycles. The van der Waals surface area contributed by atoms with E-state index in [1.165, 1.54) is 11.3 Å². The summed E-state index contributed by atoms with van der Waals surface area (Å²) in [4.78, 5) is 18.6. The lowest BCUT2D eigenvalue weighted by Crippen LogP contribution is -2.59. The van der Waals surface area contributed by atoms with Gasteiger partial charge in [0.15, 0.2) is 11.4 Å². The van der Waals surface area contributed by atoms with E-state index in [0.29, 0.717) is 42.1 Å². The van der Waals surface area contributed by atoms with Crippen molar-refractivity contribution in [3.63, 3.8) is 0 Å². The molecule has 3 N–H and O–H groups in total. The molecule has 7 nitrogen and oxygen atoms in total. The molecule has 0 aliphatic heterocycles. The number of nitrogens with zero attached hydrogens (tertiary/aromatic N) is 3. The Balaban J connectivity index is 1.64. The van der Waals surface area contributed by atoms with Crippen LogP contribution in [0.1, 0.15) is 47.7 Å². The van der Waals surface area contributed by atoms with Crippen LogP contribution in [0.15, 0.2) is 24.7 Å². The monoisotopic (exact) mass is 449 g/mol. The first kappa shape index (κ1) is 21.6. The minimum Gasteiger partial charge on any atom is -0.491 e. The molecule has 1 saturated carbocycles. The van der Waals surface area contributed by atoms with Gasteiger partial charge in [0.2, 0.25) is 0 Å². The van der Waals surface area contributed by atoms with Gasteiger partial charge in [0.25, 0.3) is 11.8 Å². The SMILES string of the molecule is CCOc1cnc2c(-c3cc(C(=O)N[C@@H]4[C@H](N)CCCC4(F)F)sc3CC)cnn2c1. The van der Waals surface area contributed by atoms with Gasteiger partial charge in [0.05, 0.1) is 30.1 Å². The molecule has 1 fully saturated rings. The summed E-state index contributed by atoms with van der Waals surface area (Å²) < 4.78 is 35.7. The van der Waals surface area contributed by atoms with E-state index in [-0.39, 0.29) is 6.42 Å². The smallest absolute Gasteiger partial charge is 0.269 e. The molecular weight excluding hydrogens is 424 g/mol. The molecule has 2 atom stereocenters. The fourth-order valence-electron chi connectivity index (χ4n) is 3.95. The van der Waals surface area contributed by atoms with Crippen LogP contribution in [0.3, 0.4) is 0 Å². The second-order valence-electron chi connectivity index (χ2n) is 7.62. The lowest BCUT2D eigenvalue weighted by Gasteiger charge is -2.36. The Labute approximate surface area is 182 Å². The van der Waals surface area contributed by atoms with E-state index in [1.54, 1.807) is 29.2 Å². The van der Waals surface area contributed by atoms with E-state index in [0.717, 1.165) is 16.0 Å². The number of amides is 1. The Morgan fingerprint density at radius 2 is 2.19 bits per heavy atom. The average Bonchev–Trinajstić information content (AvgIpc) is 3.34. The van der Waals surface area contributed by atoms with Crippen LogP contribution in [0.5, 0.6) is 5.75 Å². The van der Waals surface area contributed by atoms with Crippen LogP contribution in [0.2, 0.25) is 0 Å². The van der Waals surface area contributed by atoms with Crippen LogP contribution in [0, 0.1) is 0 Å². The Hall–Kier alpha value is -2.59. The van der Waals surface area contributed by atoms with Crippen LogP contribution >= 0.6 is 11.3 Å². The summed E-state index contributed by atoms with van der Waals surface area (Å²) in [7, 11) is 0. The van der Waals surface area contributed by atoms with Crippen molar-refractivity contribution in [2.45, 2.75) is 57.5 Å². The molecular formula is C21H25F2N5O2S. The third kappa shape index (κ3) is 4.14. The van der Waals surface area contributed by atoms with Crippen molar-refractivity contribution in [1.82, 2.24) is 19.9 Å². The van der Waals surface area contributed by atoms with E-state index >= 15 is 0 Å². The van der Waals surface area contributed by atoms with Gasteiger partial charge >= 0.3 is 0 Å². The van der Waals surface area contributed by atoms with Crippen LogP contribution in [0.25, 0.3) is 16.8 Å². The highest BCUT2D eigenvalue weighted by atomic mass is 32.1. The van der Waals surface area contributed by atoms with Crippen molar-refractivity contribution in [2.75, 3.05) is 6.61 Å². The molecule has 3 aromatic rings. The molecule has 0 radical (unpaired) electrons. The zero-order chi connectivity index (χ0) is 22.2. The fraction of sp³-hybridized carbons (Fsp3) is 0.476. The van der Waals surface area contributed by atoms with Gasteiger partial charge < -0.3 is 15.8 Å². The molecule has 10 heteroatoms. The van der Waals surface area contributed by atoms with Crippen LogP contribution in [-0.4, -0.2) is 45.1 Å². The maximum atomic E-state index is 14.3. The van der Waals surface area contributed by atoms with Crippen molar-refractivity contribution in [2.24, 2.45) is 5.73 Å². The van der Waals surface area contributed by atoms with Crippen molar-refractivity contribution in [1.29, 1.82) is 0 Å². The normalized spacial score (nSPS) is 20.7. The molecule has 1 amide bonds. The zero-order valence-corrected chi connectivity index (χ0v) is 18.2. The number of nitrogens with two attached hydrogens (primary N) is 1. The topological polar surface area (TPSA) is 94.5 Å². The number of halogens is 2. The number of rotatable bonds is 6. The highest BCUT2D eigenvalue weighted by molar-refractivity contribution is 7.14. The predicted molar refractivity (Wildman–Crippen MR) is 115 cm³/mol. The zero-order valence-electron chi connectivity index (χ0n) is 17.4. The number of alkyl halides is 2. The molecule has 0 saturated heterocycles. The van der Waals surface area contributed by atoms with Gasteiger partial charge in [-0.25, -0.2) is 18.3 Å². The lowest BCUT2D eigenvalue weighted by atomic mass is 9.87. The van der Waals surface area contributed by atoms with Crippen molar-refractivity contribution in [3.8, 4) is 16.9 Å². The number of aromatic nitrogens is 3. The van der Waals surface area contributed by atoms with Crippen LogP contribution in [0.4, 0.5) is 8.78 Å². The summed E-state index contributed by atoms with van der Waals surface area (Å²) in [5.74, 6) is -2.93. The summed E-state index contributed by atoms with van der Waals surface area (Å²) in [6, 6.07) is -0.401. The van der Waals surface area contributed by atoms with Gasteiger partial charge in [0.1, 0.15) is 6.04 Å². The number of ether oxygens (including phenoxy) is 1. The van der Waals surface area contributed by atoms with Gasteiger partial charge in [-0.2, -0.15) is 5.10 Å². The van der Waals surface area contributed by atoms with E-state index in [2.05, 4.69) is 15.4 Å². The third-order valence-corrected chi connectivity index (χ3v) is 6.78. The highest BCUT2D eigenvalue weighted by Crippen LogP contribution is 2.36. The van der Waals surface area contributed by atoms with Crippen LogP contribution in [-0.2, 0) is 6.42 Å². The molecule has 31 heavy (non-hydrogen) atoms. The minimum absolute atomic E-state index is 0.265. The summed E-state index contributed by atoms with van der Waals surface area (Å²) in [5, 5.41) is 6.84. The molecule has 3 aromatic heterocycles. The number of hydrogen-bond donors (Lipinski definition) is 2. The molecule has 1 aliphatic rings. The van der Waals surface area contributed by atoms with Gasteiger partial charge in [-0.05, 0) is 32.3 Å². The lowest BCUT2D eigenvalue weighted by molar-refractivity contribution is -0.0674. The molecule has 0 aromatic carbocycles. The maximum absolute atomic E-state index is 14.3. The largest absolute Gasteiger partial charge is 0.491 e. The third-order valence-electron chi connectivity index (χ3n) is 5.51. The number of nitrogens with one attached hydrogen (secondary N) is 1. The van der Waals surface area contributed by atoms with E-state index in [9.17, 15) is 13.6 Å². The summed E-state index contributed by atoms with van der Waals surface area (Å²) >= 11 is 1.29. The molecule has 0 bridgehead atoms. The average molecular weight is 450 g/mol. The van der Waals surface area contributed by atoms with Crippen molar-refractivity contribution in [3.05, 3.63) is 34.4 Å². The molecule has 0 unspecified atom stereocenters. The number of hydrogen-bond acceptors (Lipinski definition) is 6. The molecule has 166 valence electrons. The number of aryl methyl sites for hydroxylation is 1. The van der Waals surface area contributed by atoms with Gasteiger partial charge in [-0.15, -0.1) is 11.3 Å². The first-order chi connectivity index (χ1) is 14.8. The summed E-state index contributed by atoms with van der Waals surface area (Å²) in [5.41, 5.74) is 8.12. The first-order valence-corrected chi connectivity index (χ1v) is 11.2. The minimum atomic E-state index is -3.01. The molecule has 0 spiro atoms. The Morgan fingerprint density at radius 3 is 2.90 bits per heavy atom. The maximum Gasteiger partial charge on any atom is 0.269 e. The summed E-state index contributed by atoms with van der Waals surface area (Å²) in [6.45, 7) is 4.39. The second-order valence-corrected chi connectivity index (χ2v) is 8.76. The van der Waals surface area contributed by atoms with Crippen LogP contribution < -0.4 is 15.8 Å². The number of carbonyl (C=O) groups is 1. The molecule has 4 rings (SSSR count). The number of thiophene rings is 1. The standard InChI is InChI=1S/C21H25F2N5O2S/c1-3-16-13(14-10-26-28-11-12(30-4-2)9-25-19(14)28)8-17(31-16)20(29)27-18-15(24)6-5-7-21(18,22)23/h8-11,15,18H,3-7,24H2,1-2H3,(H,27,29)/t15-,18-/m1/s1. The van der Waals surface area contributed by atoms with Gasteiger partial charge in [-0.1, -0.05) is 6.92 Å². The second kappa shape index (κ2) is 8.51. The van der Waals surface area contributed by atoms with Crippen molar-refractivity contribution >= 4 is 22.9 Å². The number of fused-ring (bicyclic) bond motifs is 1. The Kier molecular flexibility index (Phi) is 5.94. The first-order valence-electron chi connectivity index (χ1n) is 10.4.